The van der Waals surface area contributed by atoms with Crippen LogP contribution in [0.1, 0.15) is 23.1 Å². The maximum absolute atomic E-state index is 12.3. The fourth-order valence-corrected chi connectivity index (χ4v) is 2.56. The van der Waals surface area contributed by atoms with Gasteiger partial charge in [0.15, 0.2) is 6.61 Å². The highest BCUT2D eigenvalue weighted by Crippen LogP contribution is 2.22. The van der Waals surface area contributed by atoms with Crippen LogP contribution in [0.15, 0.2) is 48.5 Å². The predicted molar refractivity (Wildman–Crippen MR) is 101 cm³/mol. The molecule has 1 amide bonds. The number of carbonyl (C=O) groups is 2. The van der Waals surface area contributed by atoms with Gasteiger partial charge in [0.25, 0.3) is 5.91 Å². The predicted octanol–water partition coefficient (Wildman–Crippen LogP) is 3.00. The van der Waals surface area contributed by atoms with E-state index in [2.05, 4.69) is 15.3 Å². The maximum atomic E-state index is 12.3. The Labute approximate surface area is 156 Å². The average Bonchev–Trinajstić information content (AvgIpc) is 2.71. The highest BCUT2D eigenvalue weighted by molar-refractivity contribution is 6.01. The van der Waals surface area contributed by atoms with Crippen molar-refractivity contribution in [2.75, 3.05) is 19.0 Å². The molecule has 3 rings (SSSR count). The molecule has 2 aromatic carbocycles. The number of fused-ring (bicyclic) bond motifs is 1. The average molecular weight is 365 g/mol. The van der Waals surface area contributed by atoms with Crippen molar-refractivity contribution in [2.24, 2.45) is 0 Å². The number of benzene rings is 2. The molecule has 7 heteroatoms. The lowest BCUT2D eigenvalue weighted by Gasteiger charge is -2.11. The van der Waals surface area contributed by atoms with Crippen molar-refractivity contribution >= 4 is 28.5 Å². The second-order valence-electron chi connectivity index (χ2n) is 5.69. The van der Waals surface area contributed by atoms with Crippen LogP contribution in [0.5, 0.6) is 5.88 Å². The van der Waals surface area contributed by atoms with E-state index in [1.54, 1.807) is 24.3 Å². The van der Waals surface area contributed by atoms with Crippen LogP contribution >= 0.6 is 0 Å². The molecular formula is C20H19N3O4. The zero-order chi connectivity index (χ0) is 19.2. The first-order chi connectivity index (χ1) is 13.1. The molecule has 0 fully saturated rings. The monoisotopic (exact) mass is 365 g/mol. The Balaban J connectivity index is 1.76. The number of carbonyl (C=O) groups excluding carboxylic acids is 2. The summed E-state index contributed by atoms with van der Waals surface area (Å²) >= 11 is 0. The molecule has 0 bridgehead atoms. The number of ether oxygens (including phenoxy) is 2. The molecule has 0 saturated carbocycles. The number of hydrogen-bond donors (Lipinski definition) is 1. The summed E-state index contributed by atoms with van der Waals surface area (Å²) in [5, 5.41) is 3.40. The Morgan fingerprint density at radius 2 is 1.78 bits per heavy atom. The Bertz CT molecular complexity index is 988. The smallest absolute Gasteiger partial charge is 0.339 e. The van der Waals surface area contributed by atoms with Gasteiger partial charge in [-0.15, -0.1) is 0 Å². The molecule has 0 atom stereocenters. The molecule has 1 aromatic heterocycles. The van der Waals surface area contributed by atoms with E-state index in [-0.39, 0.29) is 12.2 Å². The summed E-state index contributed by atoms with van der Waals surface area (Å²) in [6, 6.07) is 14.1. The minimum absolute atomic E-state index is 0.250. The lowest BCUT2D eigenvalue weighted by molar-refractivity contribution is -0.118. The zero-order valence-electron chi connectivity index (χ0n) is 15.1. The number of rotatable bonds is 6. The summed E-state index contributed by atoms with van der Waals surface area (Å²) in [7, 11) is 1.29. The minimum Gasteiger partial charge on any atom is -0.467 e. The van der Waals surface area contributed by atoms with Crippen molar-refractivity contribution in [2.45, 2.75) is 13.3 Å². The van der Waals surface area contributed by atoms with E-state index >= 15 is 0 Å². The van der Waals surface area contributed by atoms with Gasteiger partial charge in [-0.1, -0.05) is 31.2 Å². The van der Waals surface area contributed by atoms with E-state index in [0.29, 0.717) is 23.8 Å². The first-order valence-electron chi connectivity index (χ1n) is 8.48. The number of amides is 1. The van der Waals surface area contributed by atoms with Crippen LogP contribution in [-0.2, 0) is 16.0 Å². The molecule has 7 nitrogen and oxygen atoms in total. The Kier molecular flexibility index (Phi) is 5.61. The third-order valence-electron chi connectivity index (χ3n) is 3.88. The molecule has 0 aliphatic heterocycles. The minimum atomic E-state index is -0.527. The van der Waals surface area contributed by atoms with Crippen molar-refractivity contribution in [1.82, 2.24) is 9.97 Å². The number of aryl methyl sites for hydroxylation is 1. The molecule has 0 unspecified atom stereocenters. The number of nitrogens with zero attached hydrogens (tertiary/aromatic N) is 2. The maximum Gasteiger partial charge on any atom is 0.339 e. The molecule has 0 radical (unpaired) electrons. The molecule has 0 aliphatic carbocycles. The Morgan fingerprint density at radius 1 is 1.04 bits per heavy atom. The van der Waals surface area contributed by atoms with E-state index in [1.807, 2.05) is 31.2 Å². The van der Waals surface area contributed by atoms with Crippen LogP contribution in [0.25, 0.3) is 10.9 Å². The van der Waals surface area contributed by atoms with Gasteiger partial charge >= 0.3 is 5.97 Å². The van der Waals surface area contributed by atoms with Crippen molar-refractivity contribution in [3.05, 3.63) is 59.9 Å². The molecule has 1 heterocycles. The van der Waals surface area contributed by atoms with E-state index in [1.165, 1.54) is 7.11 Å². The lowest BCUT2D eigenvalue weighted by atomic mass is 10.2. The van der Waals surface area contributed by atoms with E-state index in [9.17, 15) is 9.59 Å². The summed E-state index contributed by atoms with van der Waals surface area (Å²) < 4.78 is 10.4. The van der Waals surface area contributed by atoms with Gasteiger partial charge in [-0.2, -0.15) is 4.98 Å². The van der Waals surface area contributed by atoms with Gasteiger partial charge in [-0.25, -0.2) is 9.78 Å². The summed E-state index contributed by atoms with van der Waals surface area (Å²) in [6.45, 7) is 1.70. The van der Waals surface area contributed by atoms with E-state index in [4.69, 9.17) is 9.47 Å². The van der Waals surface area contributed by atoms with Gasteiger partial charge in [0.1, 0.15) is 5.82 Å². The van der Waals surface area contributed by atoms with Crippen LogP contribution in [0.3, 0.4) is 0 Å². The summed E-state index contributed by atoms with van der Waals surface area (Å²) in [5.41, 5.74) is 1.39. The topological polar surface area (TPSA) is 90.4 Å². The summed E-state index contributed by atoms with van der Waals surface area (Å²) in [4.78, 5) is 32.9. The van der Waals surface area contributed by atoms with Crippen LogP contribution in [0, 0.1) is 0 Å². The largest absolute Gasteiger partial charge is 0.467 e. The first-order valence-corrected chi connectivity index (χ1v) is 8.48. The number of para-hydroxylation sites is 2. The molecule has 0 spiro atoms. The standard InChI is InChI=1S/C20H19N3O4/c1-3-17-21-15-10-6-4-8-13(15)19(23-17)27-12-18(24)22-16-11-7-5-9-14(16)20(25)26-2/h4-11H,3,12H2,1-2H3,(H,22,24). The van der Waals surface area contributed by atoms with E-state index in [0.717, 1.165) is 10.9 Å². The Morgan fingerprint density at radius 3 is 2.56 bits per heavy atom. The van der Waals surface area contributed by atoms with Gasteiger partial charge in [0.2, 0.25) is 5.88 Å². The van der Waals surface area contributed by atoms with Gasteiger partial charge in [-0.3, -0.25) is 4.79 Å². The quantitative estimate of drug-likeness (QED) is 0.676. The third kappa shape index (κ3) is 4.20. The molecule has 0 aliphatic rings. The van der Waals surface area contributed by atoms with Crippen molar-refractivity contribution in [3.8, 4) is 5.88 Å². The van der Waals surface area contributed by atoms with Crippen molar-refractivity contribution < 1.29 is 19.1 Å². The molecule has 138 valence electrons. The van der Waals surface area contributed by atoms with Gasteiger partial charge in [0.05, 0.1) is 29.3 Å². The van der Waals surface area contributed by atoms with Crippen LogP contribution in [-0.4, -0.2) is 35.6 Å². The molecule has 3 aromatic rings. The first kappa shape index (κ1) is 18.3. The fourth-order valence-electron chi connectivity index (χ4n) is 2.56. The number of methoxy groups -OCH3 is 1. The van der Waals surface area contributed by atoms with Gasteiger partial charge in [0, 0.05) is 6.42 Å². The lowest BCUT2D eigenvalue weighted by Crippen LogP contribution is -2.22. The summed E-state index contributed by atoms with van der Waals surface area (Å²) in [5.74, 6) is 0.0577. The molecular weight excluding hydrogens is 346 g/mol. The van der Waals surface area contributed by atoms with Crippen molar-refractivity contribution in [3.63, 3.8) is 0 Å². The number of nitrogens with one attached hydrogen (secondary N) is 1. The number of hydrogen-bond acceptors (Lipinski definition) is 6. The highest BCUT2D eigenvalue weighted by atomic mass is 16.5. The number of esters is 1. The normalized spacial score (nSPS) is 10.4. The van der Waals surface area contributed by atoms with Crippen LogP contribution in [0.4, 0.5) is 5.69 Å². The third-order valence-corrected chi connectivity index (χ3v) is 3.88. The van der Waals surface area contributed by atoms with Gasteiger partial charge < -0.3 is 14.8 Å². The SMILES string of the molecule is CCc1nc(OCC(=O)Nc2ccccc2C(=O)OC)c2ccccc2n1. The number of anilines is 1. The van der Waals surface area contributed by atoms with E-state index < -0.39 is 11.9 Å². The molecule has 1 N–H and O–H groups in total. The second-order valence-corrected chi connectivity index (χ2v) is 5.69. The Hall–Kier alpha value is -3.48. The molecule has 27 heavy (non-hydrogen) atoms. The fraction of sp³-hybridized carbons (Fsp3) is 0.200. The van der Waals surface area contributed by atoms with Crippen LogP contribution in [0.2, 0.25) is 0 Å². The highest BCUT2D eigenvalue weighted by Gasteiger charge is 2.14. The van der Waals surface area contributed by atoms with Crippen LogP contribution < -0.4 is 10.1 Å². The van der Waals surface area contributed by atoms with Gasteiger partial charge in [-0.05, 0) is 24.3 Å². The molecule has 0 saturated heterocycles. The second kappa shape index (κ2) is 8.27. The zero-order valence-corrected chi connectivity index (χ0v) is 15.1. The van der Waals surface area contributed by atoms with Crippen molar-refractivity contribution in [1.29, 1.82) is 0 Å². The summed E-state index contributed by atoms with van der Waals surface area (Å²) in [6.07, 6.45) is 0.653. The number of aromatic nitrogens is 2.